The number of aromatic hydroxyl groups is 2. The van der Waals surface area contributed by atoms with Gasteiger partial charge in [0.25, 0.3) is 0 Å². The zero-order valence-electron chi connectivity index (χ0n) is 17.0. The third-order valence-electron chi connectivity index (χ3n) is 3.68. The Kier molecular flexibility index (Phi) is 10.2. The minimum atomic E-state index is -0.347. The predicted molar refractivity (Wildman–Crippen MR) is 103 cm³/mol. The van der Waals surface area contributed by atoms with Gasteiger partial charge >= 0.3 is 51.4 Å². The number of allylic oxidation sites excluding steroid dienone is 2. The summed E-state index contributed by atoms with van der Waals surface area (Å²) in [6, 6.07) is 9.34. The van der Waals surface area contributed by atoms with Gasteiger partial charge in [-0.2, -0.15) is 0 Å². The fourth-order valence-corrected chi connectivity index (χ4v) is 2.26. The smallest absolute Gasteiger partial charge is 1.00 e. The summed E-state index contributed by atoms with van der Waals surface area (Å²) in [6.45, 7) is 0. The molecule has 0 saturated carbocycles. The molecule has 0 spiro atoms. The fraction of sp³-hybridized carbons (Fsp3) is 0.143. The second-order valence-electron chi connectivity index (χ2n) is 5.64. The molecule has 0 aliphatic carbocycles. The second kappa shape index (κ2) is 11.8. The minimum Gasteiger partial charge on any atom is -1.00 e. The Morgan fingerprint density at radius 3 is 1.61 bits per heavy atom. The van der Waals surface area contributed by atoms with E-state index < -0.39 is 0 Å². The van der Waals surface area contributed by atoms with E-state index in [1.165, 1.54) is 38.5 Å². The van der Waals surface area contributed by atoms with Crippen LogP contribution in [-0.2, 0) is 9.59 Å². The van der Waals surface area contributed by atoms with E-state index in [0.29, 0.717) is 22.6 Å². The van der Waals surface area contributed by atoms with Crippen LogP contribution in [0.4, 0.5) is 0 Å². The molecule has 0 fully saturated rings. The molecule has 7 heteroatoms. The van der Waals surface area contributed by atoms with Crippen LogP contribution in [0, 0.1) is 0 Å². The van der Waals surface area contributed by atoms with Gasteiger partial charge in [0.15, 0.2) is 34.6 Å². The molecule has 0 saturated heterocycles. The number of carbonyl (C=O) groups is 2. The Labute approximate surface area is 207 Å². The number of hydrogen-bond donors (Lipinski definition) is 2. The van der Waals surface area contributed by atoms with Crippen molar-refractivity contribution in [2.24, 2.45) is 0 Å². The molecule has 0 atom stereocenters. The summed E-state index contributed by atoms with van der Waals surface area (Å²) in [5.41, 5.74) is 1.33. The van der Waals surface area contributed by atoms with Gasteiger partial charge < -0.3 is 21.1 Å². The van der Waals surface area contributed by atoms with Gasteiger partial charge in [-0.1, -0.05) is 24.3 Å². The van der Waals surface area contributed by atoms with Crippen LogP contribution < -0.4 is 60.9 Å². The molecule has 0 radical (unpaired) electrons. The molecule has 0 aromatic heterocycles. The molecule has 2 aromatic rings. The SMILES string of the molecule is COc1cc(/C=C/C(=O)CC(=O)/C=C/c2ccc(O)c(OC)c2)ccc1O.[H-].[K+]. The van der Waals surface area contributed by atoms with Gasteiger partial charge in [0.1, 0.15) is 0 Å². The van der Waals surface area contributed by atoms with Crippen LogP contribution in [0.3, 0.4) is 0 Å². The maximum atomic E-state index is 11.9. The number of methoxy groups -OCH3 is 2. The zero-order valence-corrected chi connectivity index (χ0v) is 19.1. The topological polar surface area (TPSA) is 93.1 Å². The maximum absolute atomic E-state index is 11.9. The van der Waals surface area contributed by atoms with Crippen LogP contribution in [0.2, 0.25) is 0 Å². The van der Waals surface area contributed by atoms with Crippen molar-refractivity contribution in [2.75, 3.05) is 14.2 Å². The Hall–Kier alpha value is -1.90. The van der Waals surface area contributed by atoms with Crippen molar-refractivity contribution in [3.05, 3.63) is 59.7 Å². The first-order chi connectivity index (χ1) is 12.9. The molecule has 2 rings (SSSR count). The van der Waals surface area contributed by atoms with Crippen LogP contribution in [0.25, 0.3) is 12.2 Å². The van der Waals surface area contributed by atoms with Crippen molar-refractivity contribution in [1.82, 2.24) is 0 Å². The zero-order chi connectivity index (χ0) is 19.8. The third-order valence-corrected chi connectivity index (χ3v) is 3.68. The first-order valence-corrected chi connectivity index (χ1v) is 8.08. The van der Waals surface area contributed by atoms with Crippen LogP contribution in [0.1, 0.15) is 19.0 Å². The van der Waals surface area contributed by atoms with Gasteiger partial charge in [0.2, 0.25) is 0 Å². The summed E-state index contributed by atoms with van der Waals surface area (Å²) in [5, 5.41) is 19.1. The van der Waals surface area contributed by atoms with E-state index in [1.54, 1.807) is 36.4 Å². The van der Waals surface area contributed by atoms with Crippen LogP contribution in [-0.4, -0.2) is 36.0 Å². The van der Waals surface area contributed by atoms with Crippen LogP contribution in [0.15, 0.2) is 48.6 Å². The normalized spacial score (nSPS) is 10.6. The number of carbonyl (C=O) groups excluding carboxylic acids is 2. The van der Waals surface area contributed by atoms with Crippen molar-refractivity contribution in [1.29, 1.82) is 0 Å². The average Bonchev–Trinajstić information content (AvgIpc) is 2.66. The van der Waals surface area contributed by atoms with E-state index in [9.17, 15) is 19.8 Å². The molecule has 142 valence electrons. The molecule has 0 aliphatic rings. The standard InChI is InChI=1S/C21H20O6.K.H/c1-26-20-11-14(5-9-18(20)24)3-7-16(22)13-17(23)8-4-15-6-10-19(25)21(12-15)27-2;;/h3-12,24-25H,13H2,1-2H3;;/q;+1;-1/b7-3+,8-4+;;. The van der Waals surface area contributed by atoms with E-state index in [1.807, 2.05) is 0 Å². The van der Waals surface area contributed by atoms with Crippen molar-refractivity contribution in [2.45, 2.75) is 6.42 Å². The Morgan fingerprint density at radius 2 is 1.25 bits per heavy atom. The molecule has 2 aromatic carbocycles. The first-order valence-electron chi connectivity index (χ1n) is 8.08. The van der Waals surface area contributed by atoms with Crippen molar-refractivity contribution >= 4 is 23.7 Å². The molecule has 0 heterocycles. The number of ether oxygens (including phenoxy) is 2. The van der Waals surface area contributed by atoms with E-state index in [0.717, 1.165) is 0 Å². The summed E-state index contributed by atoms with van der Waals surface area (Å²) >= 11 is 0. The minimum absolute atomic E-state index is 0. The monoisotopic (exact) mass is 408 g/mol. The maximum Gasteiger partial charge on any atom is 1.00 e. The predicted octanol–water partition coefficient (Wildman–Crippen LogP) is 0.486. The summed E-state index contributed by atoms with van der Waals surface area (Å²) in [7, 11) is 2.87. The second-order valence-corrected chi connectivity index (χ2v) is 5.64. The van der Waals surface area contributed by atoms with Gasteiger partial charge in [0.05, 0.1) is 20.6 Å². The summed E-state index contributed by atoms with van der Waals surface area (Å²) in [4.78, 5) is 23.9. The van der Waals surface area contributed by atoms with Gasteiger partial charge in [-0.3, -0.25) is 9.59 Å². The van der Waals surface area contributed by atoms with Crippen LogP contribution >= 0.6 is 0 Å². The number of hydrogen-bond acceptors (Lipinski definition) is 6. The summed E-state index contributed by atoms with van der Waals surface area (Å²) in [6.07, 6.45) is 5.44. The van der Waals surface area contributed by atoms with Gasteiger partial charge in [0, 0.05) is 0 Å². The number of phenols is 2. The third kappa shape index (κ3) is 7.25. The Morgan fingerprint density at radius 1 is 0.857 bits per heavy atom. The molecule has 0 unspecified atom stereocenters. The molecule has 0 amide bonds. The molecular weight excluding hydrogens is 387 g/mol. The molecule has 0 bridgehead atoms. The number of rotatable bonds is 8. The first kappa shape index (κ1) is 24.1. The molecular formula is C21H21KO6. The Bertz CT molecular complexity index is 835. The largest absolute Gasteiger partial charge is 1.00 e. The molecule has 2 N–H and O–H groups in total. The van der Waals surface area contributed by atoms with Gasteiger partial charge in [-0.25, -0.2) is 0 Å². The summed E-state index contributed by atoms with van der Waals surface area (Å²) in [5.74, 6) is -0.0832. The number of phenolic OH excluding ortho intramolecular Hbond substituents is 2. The fourth-order valence-electron chi connectivity index (χ4n) is 2.26. The van der Waals surface area contributed by atoms with Crippen molar-refractivity contribution < 1.29 is 82.1 Å². The van der Waals surface area contributed by atoms with Crippen molar-refractivity contribution in [3.63, 3.8) is 0 Å². The van der Waals surface area contributed by atoms with E-state index >= 15 is 0 Å². The average molecular weight is 408 g/mol. The van der Waals surface area contributed by atoms with Crippen molar-refractivity contribution in [3.8, 4) is 23.0 Å². The van der Waals surface area contributed by atoms with E-state index in [2.05, 4.69) is 0 Å². The van der Waals surface area contributed by atoms with E-state index in [4.69, 9.17) is 9.47 Å². The quantitative estimate of drug-likeness (QED) is 0.375. The van der Waals surface area contributed by atoms with Gasteiger partial charge in [-0.05, 0) is 47.5 Å². The summed E-state index contributed by atoms with van der Waals surface area (Å²) < 4.78 is 10.00. The molecule has 28 heavy (non-hydrogen) atoms. The van der Waals surface area contributed by atoms with Crippen LogP contribution in [0.5, 0.6) is 23.0 Å². The number of benzene rings is 2. The van der Waals surface area contributed by atoms with E-state index in [-0.39, 0.29) is 82.3 Å². The number of ketones is 2. The molecule has 0 aliphatic heterocycles. The van der Waals surface area contributed by atoms with Gasteiger partial charge in [-0.15, -0.1) is 0 Å². The molecule has 6 nitrogen and oxygen atoms in total. The Balaban J connectivity index is 0.00000392.